The fourth-order valence-electron chi connectivity index (χ4n) is 0.543. The van der Waals surface area contributed by atoms with Crippen LogP contribution >= 0.6 is 7.82 Å². The quantitative estimate of drug-likeness (QED) is 0.367. The van der Waals surface area contributed by atoms with Crippen LogP contribution in [-0.4, -0.2) is 41.3 Å². The van der Waals surface area contributed by atoms with Crippen LogP contribution < -0.4 is 16.0 Å². The zero-order chi connectivity index (χ0) is 10.9. The molecule has 86 valence electrons. The van der Waals surface area contributed by atoms with Gasteiger partial charge in [-0.15, -0.1) is 0 Å². The van der Waals surface area contributed by atoms with Crippen LogP contribution in [0.5, 0.6) is 0 Å². The third-order valence-electron chi connectivity index (χ3n) is 1.10. The second-order valence-electron chi connectivity index (χ2n) is 2.33. The van der Waals surface area contributed by atoms with Crippen molar-refractivity contribution in [3.05, 3.63) is 0 Å². The normalized spacial score (nSPS) is 11.9. The van der Waals surface area contributed by atoms with E-state index in [0.29, 0.717) is 0 Å². The summed E-state index contributed by atoms with van der Waals surface area (Å²) < 4.78 is 26.4. The average molecular weight is 227 g/mol. The molecule has 0 spiro atoms. The van der Waals surface area contributed by atoms with Crippen LogP contribution in [0.15, 0.2) is 0 Å². The first-order valence-electron chi connectivity index (χ1n) is 4.16. The van der Waals surface area contributed by atoms with Crippen LogP contribution in [0.2, 0.25) is 0 Å². The minimum absolute atomic E-state index is 0.102. The van der Waals surface area contributed by atoms with E-state index in [1.54, 1.807) is 21.1 Å². The molecule has 0 amide bonds. The van der Waals surface area contributed by atoms with Crippen molar-refractivity contribution < 1.29 is 18.1 Å². The lowest BCUT2D eigenvalue weighted by Gasteiger charge is -2.17. The summed E-state index contributed by atoms with van der Waals surface area (Å²) in [5.41, 5.74) is 0. The lowest BCUT2D eigenvalue weighted by Crippen LogP contribution is -2.19. The maximum atomic E-state index is 11.7. The fourth-order valence-corrected chi connectivity index (χ4v) is 1.63. The van der Waals surface area contributed by atoms with E-state index < -0.39 is 7.82 Å². The van der Waals surface area contributed by atoms with E-state index >= 15 is 0 Å². The standard InChI is InChI=1S/C6H18N3O4P/c1-7-4-11-14(10,12-5-8-2)13-6-9-3/h7-9H,4-6H2,1-3H3. The molecule has 0 aliphatic carbocycles. The second kappa shape index (κ2) is 8.31. The first-order valence-corrected chi connectivity index (χ1v) is 5.62. The fraction of sp³-hybridized carbons (Fsp3) is 1.00. The Labute approximate surface area is 84.1 Å². The molecular formula is C6H18N3O4P. The first kappa shape index (κ1) is 14.0. The Morgan fingerprint density at radius 1 is 0.857 bits per heavy atom. The van der Waals surface area contributed by atoms with E-state index in [4.69, 9.17) is 13.6 Å². The van der Waals surface area contributed by atoms with Gasteiger partial charge in [-0.1, -0.05) is 0 Å². The van der Waals surface area contributed by atoms with Crippen molar-refractivity contribution in [2.24, 2.45) is 0 Å². The molecule has 0 radical (unpaired) electrons. The largest absolute Gasteiger partial charge is 0.478 e. The van der Waals surface area contributed by atoms with Crippen molar-refractivity contribution in [2.45, 2.75) is 0 Å². The number of phosphoric ester groups is 1. The Hall–Kier alpha value is -0.0100. The monoisotopic (exact) mass is 227 g/mol. The van der Waals surface area contributed by atoms with Crippen molar-refractivity contribution in [1.82, 2.24) is 16.0 Å². The van der Waals surface area contributed by atoms with Gasteiger partial charge in [0.05, 0.1) is 0 Å². The second-order valence-corrected chi connectivity index (χ2v) is 4.00. The van der Waals surface area contributed by atoms with Crippen molar-refractivity contribution >= 4 is 7.82 Å². The SMILES string of the molecule is CNCOP(=O)(OCNC)OCNC. The predicted molar refractivity (Wildman–Crippen MR) is 52.6 cm³/mol. The van der Waals surface area contributed by atoms with E-state index in [2.05, 4.69) is 16.0 Å². The van der Waals surface area contributed by atoms with Crippen LogP contribution in [0.3, 0.4) is 0 Å². The topological polar surface area (TPSA) is 80.9 Å². The summed E-state index contributed by atoms with van der Waals surface area (Å²) in [6.07, 6.45) is 0. The molecule has 7 nitrogen and oxygen atoms in total. The van der Waals surface area contributed by atoms with Crippen molar-refractivity contribution in [2.75, 3.05) is 41.3 Å². The summed E-state index contributed by atoms with van der Waals surface area (Å²) >= 11 is 0. The van der Waals surface area contributed by atoms with E-state index in [0.717, 1.165) is 0 Å². The van der Waals surface area contributed by atoms with Gasteiger partial charge in [-0.25, -0.2) is 4.57 Å². The van der Waals surface area contributed by atoms with Gasteiger partial charge >= 0.3 is 7.82 Å². The molecule has 0 aromatic rings. The molecule has 0 saturated heterocycles. The van der Waals surface area contributed by atoms with Gasteiger partial charge in [0.1, 0.15) is 20.2 Å². The highest BCUT2D eigenvalue weighted by molar-refractivity contribution is 7.48. The molecule has 14 heavy (non-hydrogen) atoms. The van der Waals surface area contributed by atoms with E-state index in [-0.39, 0.29) is 20.2 Å². The summed E-state index contributed by atoms with van der Waals surface area (Å²) in [4.78, 5) is 0. The summed E-state index contributed by atoms with van der Waals surface area (Å²) in [5, 5.41) is 8.04. The Bertz CT molecular complexity index is 152. The van der Waals surface area contributed by atoms with Gasteiger partial charge in [-0.05, 0) is 21.1 Å². The van der Waals surface area contributed by atoms with Crippen LogP contribution in [0.4, 0.5) is 0 Å². The summed E-state index contributed by atoms with van der Waals surface area (Å²) in [7, 11) is 1.55. The molecule has 0 aromatic carbocycles. The van der Waals surface area contributed by atoms with Crippen molar-refractivity contribution in [3.63, 3.8) is 0 Å². The number of phosphoric acid groups is 1. The van der Waals surface area contributed by atoms with Crippen LogP contribution in [0.1, 0.15) is 0 Å². The highest BCUT2D eigenvalue weighted by Gasteiger charge is 2.25. The molecule has 0 aromatic heterocycles. The third-order valence-corrected chi connectivity index (χ3v) is 2.44. The average Bonchev–Trinajstić information content (AvgIpc) is 2.21. The Morgan fingerprint density at radius 3 is 1.36 bits per heavy atom. The van der Waals surface area contributed by atoms with Gasteiger partial charge in [0.2, 0.25) is 0 Å². The van der Waals surface area contributed by atoms with E-state index in [1.807, 2.05) is 0 Å². The van der Waals surface area contributed by atoms with Gasteiger partial charge < -0.3 is 0 Å². The Morgan fingerprint density at radius 2 is 1.14 bits per heavy atom. The minimum atomic E-state index is -3.46. The Balaban J connectivity index is 3.97. The molecule has 3 N–H and O–H groups in total. The number of rotatable bonds is 9. The van der Waals surface area contributed by atoms with Gasteiger partial charge in [0.25, 0.3) is 0 Å². The van der Waals surface area contributed by atoms with Gasteiger partial charge in [-0.3, -0.25) is 29.5 Å². The molecule has 0 rings (SSSR count). The molecule has 0 saturated carbocycles. The molecule has 8 heteroatoms. The summed E-state index contributed by atoms with van der Waals surface area (Å²) in [6, 6.07) is 0. The van der Waals surface area contributed by atoms with Crippen LogP contribution in [0, 0.1) is 0 Å². The molecular weight excluding hydrogens is 209 g/mol. The number of hydrogen-bond donors (Lipinski definition) is 3. The number of nitrogens with one attached hydrogen (secondary N) is 3. The Kier molecular flexibility index (Phi) is 8.30. The number of hydrogen-bond acceptors (Lipinski definition) is 7. The zero-order valence-electron chi connectivity index (χ0n) is 8.70. The van der Waals surface area contributed by atoms with Gasteiger partial charge in [-0.2, -0.15) is 0 Å². The van der Waals surface area contributed by atoms with E-state index in [9.17, 15) is 4.57 Å². The van der Waals surface area contributed by atoms with Crippen molar-refractivity contribution in [1.29, 1.82) is 0 Å². The van der Waals surface area contributed by atoms with Crippen LogP contribution in [-0.2, 0) is 18.1 Å². The summed E-state index contributed by atoms with van der Waals surface area (Å²) in [6.45, 7) is 0.306. The molecule has 0 heterocycles. The zero-order valence-corrected chi connectivity index (χ0v) is 9.60. The molecule has 0 unspecified atom stereocenters. The highest BCUT2D eigenvalue weighted by atomic mass is 31.2. The lowest BCUT2D eigenvalue weighted by atomic mass is 11.2. The molecule has 0 aliphatic rings. The predicted octanol–water partition coefficient (Wildman–Crippen LogP) is -0.325. The highest BCUT2D eigenvalue weighted by Crippen LogP contribution is 2.48. The van der Waals surface area contributed by atoms with E-state index in [1.165, 1.54) is 0 Å². The third kappa shape index (κ3) is 6.44. The molecule has 0 fully saturated rings. The maximum absolute atomic E-state index is 11.7. The smallest absolute Gasteiger partial charge is 0.297 e. The first-order chi connectivity index (χ1) is 6.68. The minimum Gasteiger partial charge on any atom is -0.297 e. The molecule has 0 bridgehead atoms. The van der Waals surface area contributed by atoms with Crippen LogP contribution in [0.25, 0.3) is 0 Å². The molecule has 0 atom stereocenters. The maximum Gasteiger partial charge on any atom is 0.478 e. The van der Waals surface area contributed by atoms with Crippen molar-refractivity contribution in [3.8, 4) is 0 Å². The van der Waals surface area contributed by atoms with Gasteiger partial charge in [0, 0.05) is 0 Å². The molecule has 0 aliphatic heterocycles. The van der Waals surface area contributed by atoms with Gasteiger partial charge in [0.15, 0.2) is 0 Å². The lowest BCUT2D eigenvalue weighted by molar-refractivity contribution is 0.100. The summed E-state index contributed by atoms with van der Waals surface area (Å²) in [5.74, 6) is 0.